The van der Waals surface area contributed by atoms with E-state index in [1.54, 1.807) is 23.0 Å². The molecule has 2 aromatic rings. The Kier molecular flexibility index (Phi) is 3.24. The summed E-state index contributed by atoms with van der Waals surface area (Å²) in [5.41, 5.74) is 7.84. The minimum Gasteiger partial charge on any atom is -0.339 e. The summed E-state index contributed by atoms with van der Waals surface area (Å²) in [6, 6.07) is 0. The molecule has 1 aliphatic rings. The van der Waals surface area contributed by atoms with E-state index in [4.69, 9.17) is 5.73 Å². The standard InChI is InChI=1S/C12H18N6S/c1-12(6-13)3-2-4-18(7-12)11-15-10(16-17-11)9-5-14-8-19-9/h5,8H,2-4,6-7,13H2,1H3,(H,15,16,17). The minimum absolute atomic E-state index is 0.170. The molecule has 0 aliphatic carbocycles. The van der Waals surface area contributed by atoms with Crippen molar-refractivity contribution in [3.05, 3.63) is 11.7 Å². The van der Waals surface area contributed by atoms with Crippen LogP contribution in [0.25, 0.3) is 10.7 Å². The van der Waals surface area contributed by atoms with Gasteiger partial charge in [-0.1, -0.05) is 6.92 Å². The molecule has 0 spiro atoms. The molecule has 1 aliphatic heterocycles. The summed E-state index contributed by atoms with van der Waals surface area (Å²) in [6.45, 7) is 4.85. The molecule has 1 fully saturated rings. The monoisotopic (exact) mass is 278 g/mol. The molecule has 3 N–H and O–H groups in total. The molecule has 0 amide bonds. The van der Waals surface area contributed by atoms with Crippen LogP contribution in [-0.4, -0.2) is 39.8 Å². The number of H-pyrrole nitrogens is 1. The maximum absolute atomic E-state index is 5.88. The van der Waals surface area contributed by atoms with Crippen LogP contribution in [0.4, 0.5) is 5.95 Å². The van der Waals surface area contributed by atoms with Crippen molar-refractivity contribution in [1.82, 2.24) is 20.2 Å². The van der Waals surface area contributed by atoms with E-state index in [1.165, 1.54) is 6.42 Å². The van der Waals surface area contributed by atoms with Gasteiger partial charge < -0.3 is 10.6 Å². The van der Waals surface area contributed by atoms with E-state index in [0.717, 1.165) is 36.2 Å². The zero-order chi connectivity index (χ0) is 13.3. The van der Waals surface area contributed by atoms with Crippen molar-refractivity contribution in [3.63, 3.8) is 0 Å². The number of nitrogens with zero attached hydrogens (tertiary/aromatic N) is 4. The average Bonchev–Trinajstić information content (AvgIpc) is 3.09. The fraction of sp³-hybridized carbons (Fsp3) is 0.583. The highest BCUT2D eigenvalue weighted by Crippen LogP contribution is 2.30. The molecule has 0 saturated carbocycles. The molecule has 0 bridgehead atoms. The lowest BCUT2D eigenvalue weighted by molar-refractivity contribution is 0.270. The second-order valence-electron chi connectivity index (χ2n) is 5.39. The number of aromatic amines is 1. The maximum atomic E-state index is 5.88. The molecule has 0 aromatic carbocycles. The Balaban J connectivity index is 1.79. The van der Waals surface area contributed by atoms with Crippen molar-refractivity contribution in [2.75, 3.05) is 24.5 Å². The summed E-state index contributed by atoms with van der Waals surface area (Å²) in [5.74, 6) is 1.56. The number of hydrogen-bond acceptors (Lipinski definition) is 6. The van der Waals surface area contributed by atoms with E-state index >= 15 is 0 Å². The largest absolute Gasteiger partial charge is 0.339 e. The lowest BCUT2D eigenvalue weighted by Gasteiger charge is -2.39. The fourth-order valence-corrected chi connectivity index (χ4v) is 3.05. The van der Waals surface area contributed by atoms with Crippen LogP contribution in [0.3, 0.4) is 0 Å². The first-order valence-corrected chi connectivity index (χ1v) is 7.34. The summed E-state index contributed by atoms with van der Waals surface area (Å²) in [7, 11) is 0. The molecule has 19 heavy (non-hydrogen) atoms. The van der Waals surface area contributed by atoms with Crippen LogP contribution in [0.1, 0.15) is 19.8 Å². The molecule has 102 valence electrons. The van der Waals surface area contributed by atoms with E-state index in [0.29, 0.717) is 6.54 Å². The number of thiazole rings is 1. The van der Waals surface area contributed by atoms with Gasteiger partial charge in [0.2, 0.25) is 5.95 Å². The van der Waals surface area contributed by atoms with Crippen molar-refractivity contribution >= 4 is 17.3 Å². The van der Waals surface area contributed by atoms with Crippen LogP contribution in [0, 0.1) is 5.41 Å². The first kappa shape index (κ1) is 12.6. The lowest BCUT2D eigenvalue weighted by Crippen LogP contribution is -2.46. The van der Waals surface area contributed by atoms with Crippen molar-refractivity contribution in [2.24, 2.45) is 11.1 Å². The van der Waals surface area contributed by atoms with E-state index < -0.39 is 0 Å². The second-order valence-corrected chi connectivity index (χ2v) is 6.28. The first-order chi connectivity index (χ1) is 9.20. The lowest BCUT2D eigenvalue weighted by atomic mass is 9.82. The van der Waals surface area contributed by atoms with E-state index in [1.807, 2.05) is 0 Å². The van der Waals surface area contributed by atoms with Gasteiger partial charge in [0.1, 0.15) is 0 Å². The van der Waals surface area contributed by atoms with Crippen molar-refractivity contribution < 1.29 is 0 Å². The predicted octanol–water partition coefficient (Wildman–Crippen LogP) is 1.49. The smallest absolute Gasteiger partial charge is 0.245 e. The SMILES string of the molecule is CC1(CN)CCCN(c2n[nH]c(-c3cncs3)n2)C1. The summed E-state index contributed by atoms with van der Waals surface area (Å²) >= 11 is 1.56. The van der Waals surface area contributed by atoms with Crippen molar-refractivity contribution in [2.45, 2.75) is 19.8 Å². The molecule has 1 atom stereocenters. The zero-order valence-electron chi connectivity index (χ0n) is 11.0. The van der Waals surface area contributed by atoms with Gasteiger partial charge in [-0.05, 0) is 24.8 Å². The third kappa shape index (κ3) is 2.48. The highest BCUT2D eigenvalue weighted by molar-refractivity contribution is 7.13. The van der Waals surface area contributed by atoms with Gasteiger partial charge in [-0.15, -0.1) is 16.4 Å². The van der Waals surface area contributed by atoms with Crippen molar-refractivity contribution in [1.29, 1.82) is 0 Å². The normalized spacial score (nSPS) is 23.8. The maximum Gasteiger partial charge on any atom is 0.245 e. The molecular formula is C12H18N6S. The Morgan fingerprint density at radius 1 is 1.58 bits per heavy atom. The second kappa shape index (κ2) is 4.90. The predicted molar refractivity (Wildman–Crippen MR) is 76.1 cm³/mol. The van der Waals surface area contributed by atoms with Gasteiger partial charge in [0, 0.05) is 19.3 Å². The molecule has 3 rings (SSSR count). The highest BCUT2D eigenvalue weighted by atomic mass is 32.1. The Bertz CT molecular complexity index is 536. The van der Waals surface area contributed by atoms with Crippen LogP contribution in [0.2, 0.25) is 0 Å². The third-order valence-electron chi connectivity index (χ3n) is 3.70. The quantitative estimate of drug-likeness (QED) is 0.888. The van der Waals surface area contributed by atoms with E-state index in [-0.39, 0.29) is 5.41 Å². The number of anilines is 1. The molecule has 3 heterocycles. The Hall–Kier alpha value is -1.47. The third-order valence-corrected chi connectivity index (χ3v) is 4.48. The van der Waals surface area contributed by atoms with Gasteiger partial charge >= 0.3 is 0 Å². The zero-order valence-corrected chi connectivity index (χ0v) is 11.8. The van der Waals surface area contributed by atoms with E-state index in [9.17, 15) is 0 Å². The first-order valence-electron chi connectivity index (χ1n) is 6.46. The molecule has 0 radical (unpaired) electrons. The average molecular weight is 278 g/mol. The molecule has 2 aromatic heterocycles. The molecule has 6 nitrogen and oxygen atoms in total. The van der Waals surface area contributed by atoms with Gasteiger partial charge in [-0.3, -0.25) is 10.1 Å². The van der Waals surface area contributed by atoms with Gasteiger partial charge in [0.25, 0.3) is 0 Å². The summed E-state index contributed by atoms with van der Waals surface area (Å²) in [4.78, 5) is 11.9. The Morgan fingerprint density at radius 3 is 3.21 bits per heavy atom. The number of rotatable bonds is 3. The van der Waals surface area contributed by atoms with Crippen LogP contribution in [0.5, 0.6) is 0 Å². The van der Waals surface area contributed by atoms with Gasteiger partial charge in [-0.2, -0.15) is 4.98 Å². The highest BCUT2D eigenvalue weighted by Gasteiger charge is 2.31. The van der Waals surface area contributed by atoms with Crippen LogP contribution >= 0.6 is 11.3 Å². The van der Waals surface area contributed by atoms with E-state index in [2.05, 4.69) is 32.0 Å². The molecule has 1 saturated heterocycles. The van der Waals surface area contributed by atoms with Crippen LogP contribution in [-0.2, 0) is 0 Å². The summed E-state index contributed by atoms with van der Waals surface area (Å²) < 4.78 is 0. The number of nitrogens with two attached hydrogens (primary N) is 1. The van der Waals surface area contributed by atoms with Gasteiger partial charge in [0.05, 0.1) is 10.4 Å². The van der Waals surface area contributed by atoms with Gasteiger partial charge in [0.15, 0.2) is 5.82 Å². The van der Waals surface area contributed by atoms with Crippen molar-refractivity contribution in [3.8, 4) is 10.7 Å². The number of nitrogens with one attached hydrogen (secondary N) is 1. The Labute approximate surface area is 116 Å². The number of hydrogen-bond donors (Lipinski definition) is 2. The Morgan fingerprint density at radius 2 is 2.47 bits per heavy atom. The molecule has 7 heteroatoms. The number of aromatic nitrogens is 4. The van der Waals surface area contributed by atoms with Crippen LogP contribution in [0.15, 0.2) is 11.7 Å². The number of piperidine rings is 1. The van der Waals surface area contributed by atoms with Crippen LogP contribution < -0.4 is 10.6 Å². The minimum atomic E-state index is 0.170. The molecular weight excluding hydrogens is 260 g/mol. The molecule has 1 unspecified atom stereocenters. The fourth-order valence-electron chi connectivity index (χ4n) is 2.49. The summed E-state index contributed by atoms with van der Waals surface area (Å²) in [6.07, 6.45) is 4.11. The van der Waals surface area contributed by atoms with Gasteiger partial charge in [-0.25, -0.2) is 0 Å². The topological polar surface area (TPSA) is 83.7 Å². The summed E-state index contributed by atoms with van der Waals surface area (Å²) in [5, 5.41) is 7.31.